The van der Waals surface area contributed by atoms with Gasteiger partial charge in [0, 0.05) is 13.0 Å². The average Bonchev–Trinajstić information content (AvgIpc) is 2.59. The third kappa shape index (κ3) is 2.17. The van der Waals surface area contributed by atoms with E-state index < -0.39 is 21.7 Å². The van der Waals surface area contributed by atoms with E-state index in [2.05, 4.69) is 0 Å². The summed E-state index contributed by atoms with van der Waals surface area (Å²) >= 11 is 0. The van der Waals surface area contributed by atoms with Crippen LogP contribution in [0.4, 0.5) is 4.39 Å². The first-order valence-electron chi connectivity index (χ1n) is 5.22. The van der Waals surface area contributed by atoms with Crippen molar-refractivity contribution in [3.63, 3.8) is 0 Å². The molecule has 1 saturated heterocycles. The monoisotopic (exact) mass is 257 g/mol. The molecule has 0 saturated carbocycles. The van der Waals surface area contributed by atoms with Crippen molar-refractivity contribution in [2.75, 3.05) is 6.54 Å². The van der Waals surface area contributed by atoms with Crippen LogP contribution in [-0.2, 0) is 14.8 Å². The first-order chi connectivity index (χ1) is 7.91. The summed E-state index contributed by atoms with van der Waals surface area (Å²) in [5.41, 5.74) is 0. The van der Waals surface area contributed by atoms with Gasteiger partial charge >= 0.3 is 0 Å². The number of nitrogens with zero attached hydrogens (tertiary/aromatic N) is 1. The van der Waals surface area contributed by atoms with Gasteiger partial charge in [0.1, 0.15) is 5.82 Å². The molecule has 2 rings (SSSR count). The molecular formula is C11H12FNO3S. The minimum atomic E-state index is -3.82. The second kappa shape index (κ2) is 4.10. The Balaban J connectivity index is 2.37. The highest BCUT2D eigenvalue weighted by molar-refractivity contribution is 7.89. The minimum Gasteiger partial charge on any atom is -0.274 e. The van der Waals surface area contributed by atoms with E-state index in [0.717, 1.165) is 16.4 Å². The number of amides is 1. The first kappa shape index (κ1) is 12.0. The molecule has 1 aliphatic rings. The van der Waals surface area contributed by atoms with Crippen LogP contribution in [0.3, 0.4) is 0 Å². The van der Waals surface area contributed by atoms with Crippen LogP contribution in [0.2, 0.25) is 0 Å². The predicted molar refractivity (Wildman–Crippen MR) is 59.1 cm³/mol. The van der Waals surface area contributed by atoms with Crippen molar-refractivity contribution in [2.24, 2.45) is 5.92 Å². The maximum absolute atomic E-state index is 12.7. The van der Waals surface area contributed by atoms with Crippen molar-refractivity contribution in [1.29, 1.82) is 0 Å². The molecule has 0 aliphatic carbocycles. The average molecular weight is 257 g/mol. The van der Waals surface area contributed by atoms with E-state index >= 15 is 0 Å². The summed E-state index contributed by atoms with van der Waals surface area (Å²) in [6.07, 6.45) is 0.237. The van der Waals surface area contributed by atoms with Gasteiger partial charge in [0.25, 0.3) is 10.0 Å². The van der Waals surface area contributed by atoms with Crippen LogP contribution in [0, 0.1) is 11.7 Å². The minimum absolute atomic E-state index is 0.0257. The van der Waals surface area contributed by atoms with Crippen molar-refractivity contribution in [3.05, 3.63) is 30.1 Å². The van der Waals surface area contributed by atoms with Crippen molar-refractivity contribution < 1.29 is 17.6 Å². The quantitative estimate of drug-likeness (QED) is 0.804. The summed E-state index contributed by atoms with van der Waals surface area (Å²) in [4.78, 5) is 11.5. The Morgan fingerprint density at radius 1 is 1.29 bits per heavy atom. The molecule has 1 aromatic rings. The molecule has 1 heterocycles. The van der Waals surface area contributed by atoms with Crippen molar-refractivity contribution in [1.82, 2.24) is 4.31 Å². The number of benzene rings is 1. The number of sulfonamides is 1. The fourth-order valence-electron chi connectivity index (χ4n) is 1.82. The molecule has 0 bridgehead atoms. The highest BCUT2D eigenvalue weighted by atomic mass is 32.2. The van der Waals surface area contributed by atoms with Crippen LogP contribution >= 0.6 is 0 Å². The van der Waals surface area contributed by atoms with Gasteiger partial charge in [0.15, 0.2) is 0 Å². The highest BCUT2D eigenvalue weighted by Gasteiger charge is 2.36. The van der Waals surface area contributed by atoms with Gasteiger partial charge in [-0.2, -0.15) is 0 Å². The van der Waals surface area contributed by atoms with E-state index in [4.69, 9.17) is 0 Å². The largest absolute Gasteiger partial charge is 0.274 e. The van der Waals surface area contributed by atoms with Gasteiger partial charge < -0.3 is 0 Å². The molecule has 1 amide bonds. The molecule has 1 fully saturated rings. The summed E-state index contributed by atoms with van der Waals surface area (Å²) < 4.78 is 37.8. The number of carbonyl (C=O) groups excluding carboxylic acids is 1. The van der Waals surface area contributed by atoms with Gasteiger partial charge in [-0.15, -0.1) is 0 Å². The Morgan fingerprint density at radius 2 is 1.88 bits per heavy atom. The van der Waals surface area contributed by atoms with Crippen LogP contribution < -0.4 is 0 Å². The smallest absolute Gasteiger partial charge is 0.266 e. The van der Waals surface area contributed by atoms with E-state index in [9.17, 15) is 17.6 Å². The summed E-state index contributed by atoms with van der Waals surface area (Å²) in [5, 5.41) is 0. The Labute approximate surface area is 99.1 Å². The third-order valence-corrected chi connectivity index (χ3v) is 4.48. The van der Waals surface area contributed by atoms with E-state index in [-0.39, 0.29) is 23.8 Å². The van der Waals surface area contributed by atoms with E-state index in [1.54, 1.807) is 0 Å². The zero-order chi connectivity index (χ0) is 12.6. The van der Waals surface area contributed by atoms with Crippen molar-refractivity contribution in [2.45, 2.75) is 18.2 Å². The topological polar surface area (TPSA) is 54.5 Å². The molecule has 4 nitrogen and oxygen atoms in total. The number of halogens is 1. The molecule has 1 aromatic carbocycles. The molecule has 1 unspecified atom stereocenters. The molecule has 0 spiro atoms. The van der Waals surface area contributed by atoms with Gasteiger partial charge in [0.2, 0.25) is 5.91 Å². The zero-order valence-electron chi connectivity index (χ0n) is 9.26. The normalized spacial score (nSPS) is 20.9. The lowest BCUT2D eigenvalue weighted by Crippen LogP contribution is -2.32. The number of hydrogen-bond donors (Lipinski definition) is 0. The lowest BCUT2D eigenvalue weighted by molar-refractivity contribution is -0.123. The number of rotatable bonds is 2. The van der Waals surface area contributed by atoms with Gasteiger partial charge in [-0.25, -0.2) is 17.1 Å². The molecular weight excluding hydrogens is 245 g/mol. The van der Waals surface area contributed by atoms with E-state index in [1.807, 2.05) is 6.92 Å². The molecule has 0 N–H and O–H groups in total. The summed E-state index contributed by atoms with van der Waals surface area (Å²) in [6, 6.07) is 4.47. The number of hydrogen-bond acceptors (Lipinski definition) is 3. The van der Waals surface area contributed by atoms with Crippen molar-refractivity contribution >= 4 is 15.9 Å². The Hall–Kier alpha value is -1.43. The van der Waals surface area contributed by atoms with Gasteiger partial charge in [-0.1, -0.05) is 6.92 Å². The molecule has 1 aliphatic heterocycles. The van der Waals surface area contributed by atoms with Crippen LogP contribution in [0.15, 0.2) is 29.2 Å². The Kier molecular flexibility index (Phi) is 2.91. The lowest BCUT2D eigenvalue weighted by Gasteiger charge is -2.16. The molecule has 92 valence electrons. The summed E-state index contributed by atoms with van der Waals surface area (Å²) in [5.74, 6) is -0.885. The van der Waals surface area contributed by atoms with Gasteiger partial charge in [-0.05, 0) is 30.2 Å². The van der Waals surface area contributed by atoms with Gasteiger partial charge in [-0.3, -0.25) is 4.79 Å². The maximum Gasteiger partial charge on any atom is 0.266 e. The second-order valence-corrected chi connectivity index (χ2v) is 6.06. The SMILES string of the molecule is CC1CC(=O)N(S(=O)(=O)c2ccc(F)cc2)C1. The maximum atomic E-state index is 12.7. The van der Waals surface area contributed by atoms with Gasteiger partial charge in [0.05, 0.1) is 4.90 Å². The van der Waals surface area contributed by atoms with Crippen LogP contribution in [0.5, 0.6) is 0 Å². The third-order valence-electron chi connectivity index (χ3n) is 2.68. The van der Waals surface area contributed by atoms with Crippen LogP contribution in [-0.4, -0.2) is 25.2 Å². The Morgan fingerprint density at radius 3 is 2.35 bits per heavy atom. The Bertz CT molecular complexity index is 538. The molecule has 0 radical (unpaired) electrons. The standard InChI is InChI=1S/C11H12FNO3S/c1-8-6-11(14)13(7-8)17(15,16)10-4-2-9(12)3-5-10/h2-5,8H,6-7H2,1H3. The lowest BCUT2D eigenvalue weighted by atomic mass is 10.2. The van der Waals surface area contributed by atoms with E-state index in [0.29, 0.717) is 0 Å². The second-order valence-electron chi connectivity index (χ2n) is 4.19. The molecule has 6 heteroatoms. The molecule has 1 atom stereocenters. The highest BCUT2D eigenvalue weighted by Crippen LogP contribution is 2.25. The molecule has 0 aromatic heterocycles. The predicted octanol–water partition coefficient (Wildman–Crippen LogP) is 1.38. The van der Waals surface area contributed by atoms with Crippen LogP contribution in [0.1, 0.15) is 13.3 Å². The first-order valence-corrected chi connectivity index (χ1v) is 6.66. The van der Waals surface area contributed by atoms with E-state index in [1.165, 1.54) is 12.1 Å². The fourth-order valence-corrected chi connectivity index (χ4v) is 3.34. The number of carbonyl (C=O) groups is 1. The zero-order valence-corrected chi connectivity index (χ0v) is 10.1. The van der Waals surface area contributed by atoms with Crippen molar-refractivity contribution in [3.8, 4) is 0 Å². The van der Waals surface area contributed by atoms with Crippen LogP contribution in [0.25, 0.3) is 0 Å². The fraction of sp³-hybridized carbons (Fsp3) is 0.364. The summed E-state index contributed by atoms with van der Waals surface area (Å²) in [6.45, 7) is 2.01. The molecule has 17 heavy (non-hydrogen) atoms. The summed E-state index contributed by atoms with van der Waals surface area (Å²) in [7, 11) is -3.82.